The number of piperidine rings is 1. The summed E-state index contributed by atoms with van der Waals surface area (Å²) in [5.74, 6) is 1.10. The maximum Gasteiger partial charge on any atom is 0.273 e. The molecule has 1 aliphatic rings. The molecule has 1 N–H and O–H groups in total. The van der Waals surface area contributed by atoms with E-state index in [0.717, 1.165) is 0 Å². The predicted octanol–water partition coefficient (Wildman–Crippen LogP) is 3.20. The normalized spacial score (nSPS) is 14.4. The van der Waals surface area contributed by atoms with Crippen LogP contribution in [0.1, 0.15) is 39.4 Å². The lowest BCUT2D eigenvalue weighted by Crippen LogP contribution is -2.46. The quantitative estimate of drug-likeness (QED) is 0.699. The monoisotopic (exact) mass is 406 g/mol. The van der Waals surface area contributed by atoms with Gasteiger partial charge in [-0.1, -0.05) is 23.4 Å². The van der Waals surface area contributed by atoms with E-state index >= 15 is 0 Å². The van der Waals surface area contributed by atoms with E-state index in [1.54, 1.807) is 36.2 Å². The molecule has 154 valence electrons. The first-order chi connectivity index (χ1) is 14.6. The first-order valence-electron chi connectivity index (χ1n) is 9.81. The number of aromatic nitrogens is 2. The number of rotatable bonds is 5. The van der Waals surface area contributed by atoms with E-state index in [9.17, 15) is 9.59 Å². The highest BCUT2D eigenvalue weighted by molar-refractivity contribution is 5.96. The highest BCUT2D eigenvalue weighted by atomic mass is 16.5. The molecule has 1 aromatic carbocycles. The van der Waals surface area contributed by atoms with E-state index in [4.69, 9.17) is 9.26 Å². The SMILES string of the molecule is Cc1cc(C(=O)NC2CCN(C(=O)c3cccnc3Oc3ccccc3)CC2)no1. The van der Waals surface area contributed by atoms with Crippen LogP contribution in [0, 0.1) is 6.92 Å². The molecule has 3 heterocycles. The van der Waals surface area contributed by atoms with Gasteiger partial charge in [-0.15, -0.1) is 0 Å². The summed E-state index contributed by atoms with van der Waals surface area (Å²) in [6, 6.07) is 14.3. The molecule has 8 nitrogen and oxygen atoms in total. The molecule has 0 unspecified atom stereocenters. The summed E-state index contributed by atoms with van der Waals surface area (Å²) in [5.41, 5.74) is 0.686. The van der Waals surface area contributed by atoms with Crippen molar-refractivity contribution in [3.63, 3.8) is 0 Å². The Morgan fingerprint density at radius 3 is 2.60 bits per heavy atom. The number of nitrogens with one attached hydrogen (secondary N) is 1. The van der Waals surface area contributed by atoms with Crippen LogP contribution in [0.25, 0.3) is 0 Å². The molecule has 2 aromatic heterocycles. The number of likely N-dealkylation sites (tertiary alicyclic amines) is 1. The minimum Gasteiger partial charge on any atom is -0.438 e. The third-order valence-electron chi connectivity index (χ3n) is 4.94. The van der Waals surface area contributed by atoms with Crippen LogP contribution in [0.15, 0.2) is 59.3 Å². The summed E-state index contributed by atoms with van der Waals surface area (Å²) in [5, 5.41) is 6.69. The lowest BCUT2D eigenvalue weighted by atomic mass is 10.0. The zero-order valence-electron chi connectivity index (χ0n) is 16.6. The van der Waals surface area contributed by atoms with Gasteiger partial charge >= 0.3 is 0 Å². The maximum absolute atomic E-state index is 13.1. The number of aryl methyl sites for hydroxylation is 1. The van der Waals surface area contributed by atoms with Gasteiger partial charge in [0.1, 0.15) is 17.1 Å². The van der Waals surface area contributed by atoms with Gasteiger partial charge in [0, 0.05) is 31.4 Å². The third kappa shape index (κ3) is 4.48. The van der Waals surface area contributed by atoms with Crippen molar-refractivity contribution in [2.75, 3.05) is 13.1 Å². The molecule has 1 aliphatic heterocycles. The van der Waals surface area contributed by atoms with Gasteiger partial charge in [-0.3, -0.25) is 9.59 Å². The Kier molecular flexibility index (Phi) is 5.74. The van der Waals surface area contributed by atoms with Crippen molar-refractivity contribution in [1.29, 1.82) is 0 Å². The minimum absolute atomic E-state index is 0.0208. The van der Waals surface area contributed by atoms with Gasteiger partial charge in [0.2, 0.25) is 5.88 Å². The second kappa shape index (κ2) is 8.77. The van der Waals surface area contributed by atoms with Crippen LogP contribution in [-0.2, 0) is 0 Å². The molecule has 0 atom stereocenters. The first-order valence-corrected chi connectivity index (χ1v) is 9.81. The van der Waals surface area contributed by atoms with E-state index in [1.165, 1.54) is 0 Å². The summed E-state index contributed by atoms with van der Waals surface area (Å²) in [6.07, 6.45) is 2.91. The fourth-order valence-electron chi connectivity index (χ4n) is 3.37. The number of pyridine rings is 1. The number of hydrogen-bond donors (Lipinski definition) is 1. The van der Waals surface area contributed by atoms with Crippen molar-refractivity contribution in [1.82, 2.24) is 20.4 Å². The molecule has 0 saturated carbocycles. The fourth-order valence-corrected chi connectivity index (χ4v) is 3.37. The largest absolute Gasteiger partial charge is 0.438 e. The zero-order valence-corrected chi connectivity index (χ0v) is 16.6. The molecule has 0 aliphatic carbocycles. The second-order valence-corrected chi connectivity index (χ2v) is 7.13. The van der Waals surface area contributed by atoms with Crippen molar-refractivity contribution in [2.45, 2.75) is 25.8 Å². The number of benzene rings is 1. The molecule has 1 saturated heterocycles. The Bertz CT molecular complexity index is 1030. The smallest absolute Gasteiger partial charge is 0.273 e. The summed E-state index contributed by atoms with van der Waals surface area (Å²) < 4.78 is 10.8. The molecule has 1 fully saturated rings. The Morgan fingerprint density at radius 1 is 1.13 bits per heavy atom. The Balaban J connectivity index is 1.37. The summed E-state index contributed by atoms with van der Waals surface area (Å²) in [6.45, 7) is 2.80. The average molecular weight is 406 g/mol. The minimum atomic E-state index is -0.262. The number of amides is 2. The topological polar surface area (TPSA) is 97.6 Å². The van der Waals surface area contributed by atoms with Crippen molar-refractivity contribution in [3.8, 4) is 11.6 Å². The van der Waals surface area contributed by atoms with Crippen LogP contribution in [-0.4, -0.2) is 46.0 Å². The van der Waals surface area contributed by atoms with Gasteiger partial charge in [-0.05, 0) is 44.0 Å². The third-order valence-corrected chi connectivity index (χ3v) is 4.94. The van der Waals surface area contributed by atoms with E-state index in [2.05, 4.69) is 15.5 Å². The second-order valence-electron chi connectivity index (χ2n) is 7.13. The van der Waals surface area contributed by atoms with Crippen LogP contribution < -0.4 is 10.1 Å². The van der Waals surface area contributed by atoms with Gasteiger partial charge in [-0.25, -0.2) is 4.98 Å². The molecule has 2 amide bonds. The zero-order chi connectivity index (χ0) is 20.9. The van der Waals surface area contributed by atoms with Gasteiger partial charge in [-0.2, -0.15) is 0 Å². The summed E-state index contributed by atoms with van der Waals surface area (Å²) in [7, 11) is 0. The van der Waals surface area contributed by atoms with Gasteiger partial charge < -0.3 is 19.5 Å². The van der Waals surface area contributed by atoms with E-state index in [0.29, 0.717) is 43.0 Å². The molecular formula is C22H22N4O4. The number of carbonyl (C=O) groups is 2. The lowest BCUT2D eigenvalue weighted by Gasteiger charge is -2.32. The van der Waals surface area contributed by atoms with Crippen LogP contribution in [0.3, 0.4) is 0 Å². The fraction of sp³-hybridized carbons (Fsp3) is 0.273. The molecule has 0 radical (unpaired) electrons. The average Bonchev–Trinajstić information content (AvgIpc) is 3.21. The number of hydrogen-bond acceptors (Lipinski definition) is 6. The van der Waals surface area contributed by atoms with Gasteiger partial charge in [0.05, 0.1) is 0 Å². The molecule has 0 spiro atoms. The van der Waals surface area contributed by atoms with E-state index in [1.807, 2.05) is 30.3 Å². The molecule has 0 bridgehead atoms. The van der Waals surface area contributed by atoms with Gasteiger partial charge in [0.25, 0.3) is 11.8 Å². The van der Waals surface area contributed by atoms with Gasteiger partial charge in [0.15, 0.2) is 5.69 Å². The molecule has 3 aromatic rings. The molecule has 30 heavy (non-hydrogen) atoms. The first kappa shape index (κ1) is 19.6. The summed E-state index contributed by atoms with van der Waals surface area (Å²) in [4.78, 5) is 31.3. The Morgan fingerprint density at radius 2 is 1.90 bits per heavy atom. The van der Waals surface area contributed by atoms with Crippen LogP contribution in [0.5, 0.6) is 11.6 Å². The number of nitrogens with zero attached hydrogens (tertiary/aromatic N) is 3. The highest BCUT2D eigenvalue weighted by Crippen LogP contribution is 2.25. The van der Waals surface area contributed by atoms with E-state index in [-0.39, 0.29) is 29.4 Å². The van der Waals surface area contributed by atoms with Crippen LogP contribution >= 0.6 is 0 Å². The van der Waals surface area contributed by atoms with Crippen LogP contribution in [0.2, 0.25) is 0 Å². The Labute approximate surface area is 173 Å². The number of para-hydroxylation sites is 1. The molecular weight excluding hydrogens is 384 g/mol. The van der Waals surface area contributed by atoms with Crippen molar-refractivity contribution in [2.24, 2.45) is 0 Å². The lowest BCUT2D eigenvalue weighted by molar-refractivity contribution is 0.0694. The van der Waals surface area contributed by atoms with Crippen LogP contribution in [0.4, 0.5) is 0 Å². The van der Waals surface area contributed by atoms with Crippen molar-refractivity contribution in [3.05, 3.63) is 71.7 Å². The molecule has 8 heteroatoms. The summed E-state index contributed by atoms with van der Waals surface area (Å²) >= 11 is 0. The number of ether oxygens (including phenoxy) is 1. The Hall–Kier alpha value is -3.68. The van der Waals surface area contributed by atoms with Crippen molar-refractivity contribution >= 4 is 11.8 Å². The standard InChI is InChI=1S/C22H22N4O4/c1-15-14-19(25-30-15)20(27)24-16-9-12-26(13-10-16)22(28)18-8-5-11-23-21(18)29-17-6-3-2-4-7-17/h2-8,11,14,16H,9-10,12-13H2,1H3,(H,24,27). The number of carbonyl (C=O) groups excluding carboxylic acids is 2. The predicted molar refractivity (Wildman–Crippen MR) is 108 cm³/mol. The van der Waals surface area contributed by atoms with Crippen molar-refractivity contribution < 1.29 is 18.8 Å². The maximum atomic E-state index is 13.1. The highest BCUT2D eigenvalue weighted by Gasteiger charge is 2.27. The van der Waals surface area contributed by atoms with E-state index < -0.39 is 0 Å². The molecule has 4 rings (SSSR count).